The summed E-state index contributed by atoms with van der Waals surface area (Å²) in [7, 11) is 0. The van der Waals surface area contributed by atoms with Crippen LogP contribution in [0, 0.1) is 0 Å². The summed E-state index contributed by atoms with van der Waals surface area (Å²) in [6.07, 6.45) is 3.47. The van der Waals surface area contributed by atoms with Crippen molar-refractivity contribution in [1.29, 1.82) is 0 Å². The van der Waals surface area contributed by atoms with E-state index in [1.165, 1.54) is 0 Å². The largest absolute Gasteiger partial charge is 0.339 e. The lowest BCUT2D eigenvalue weighted by Gasteiger charge is -2.36. The summed E-state index contributed by atoms with van der Waals surface area (Å²) < 4.78 is 5.26. The van der Waals surface area contributed by atoms with E-state index in [0.29, 0.717) is 19.0 Å². The quantitative estimate of drug-likeness (QED) is 0.815. The molecular weight excluding hydrogens is 286 g/mol. The summed E-state index contributed by atoms with van der Waals surface area (Å²) in [5.74, 6) is 1.83. The number of likely N-dealkylation sites (tertiary alicyclic amines) is 1. The first-order chi connectivity index (χ1) is 10.1. The van der Waals surface area contributed by atoms with Gasteiger partial charge in [0, 0.05) is 30.0 Å². The molecule has 110 valence electrons. The van der Waals surface area contributed by atoms with Crippen LogP contribution >= 0.6 is 11.3 Å². The first-order valence-electron chi connectivity index (χ1n) is 6.97. The van der Waals surface area contributed by atoms with Gasteiger partial charge in [-0.2, -0.15) is 4.98 Å². The smallest absolute Gasteiger partial charge is 0.246 e. The summed E-state index contributed by atoms with van der Waals surface area (Å²) >= 11 is 1.61. The molecule has 6 heteroatoms. The first kappa shape index (κ1) is 14.0. The van der Waals surface area contributed by atoms with Gasteiger partial charge < -0.3 is 9.42 Å². The van der Waals surface area contributed by atoms with Gasteiger partial charge in [-0.05, 0) is 17.5 Å². The van der Waals surface area contributed by atoms with E-state index in [4.69, 9.17) is 4.52 Å². The molecule has 3 rings (SSSR count). The van der Waals surface area contributed by atoms with Crippen LogP contribution in [-0.4, -0.2) is 34.0 Å². The Morgan fingerprint density at radius 2 is 2.33 bits per heavy atom. The molecular formula is C15H17N3O2S. The van der Waals surface area contributed by atoms with E-state index in [1.54, 1.807) is 22.3 Å². The van der Waals surface area contributed by atoms with Crippen LogP contribution in [0.4, 0.5) is 0 Å². The summed E-state index contributed by atoms with van der Waals surface area (Å²) in [5, 5.41) is 5.95. The fourth-order valence-corrected chi connectivity index (χ4v) is 2.73. The van der Waals surface area contributed by atoms with Crippen LogP contribution in [0.2, 0.25) is 0 Å². The van der Waals surface area contributed by atoms with E-state index < -0.39 is 0 Å². The first-order valence-corrected chi connectivity index (χ1v) is 7.85. The normalized spacial score (nSPS) is 15.9. The summed E-state index contributed by atoms with van der Waals surface area (Å²) in [5.41, 5.74) is 0. The summed E-state index contributed by atoms with van der Waals surface area (Å²) in [6.45, 7) is 5.35. The number of carbonyl (C=O) groups is 1. The predicted octanol–water partition coefficient (Wildman–Crippen LogP) is 2.89. The van der Waals surface area contributed by atoms with Crippen molar-refractivity contribution in [3.8, 4) is 0 Å². The Kier molecular flexibility index (Phi) is 3.88. The standard InChI is InChI=1S/C15H17N3O2S/c1-10(2)14-16-15(20-17-14)11-8-18(9-11)13(19)6-5-12-4-3-7-21-12/h3-7,10-11H,8-9H2,1-2H3/b6-5+. The Labute approximate surface area is 127 Å². The lowest BCUT2D eigenvalue weighted by Crippen LogP contribution is -2.47. The maximum atomic E-state index is 12.0. The number of rotatable bonds is 4. The Morgan fingerprint density at radius 3 is 2.95 bits per heavy atom. The fourth-order valence-electron chi connectivity index (χ4n) is 2.11. The van der Waals surface area contributed by atoms with Crippen molar-refractivity contribution in [2.75, 3.05) is 13.1 Å². The van der Waals surface area contributed by atoms with Gasteiger partial charge in [-0.3, -0.25) is 4.79 Å². The van der Waals surface area contributed by atoms with Crippen molar-refractivity contribution in [2.45, 2.75) is 25.7 Å². The van der Waals surface area contributed by atoms with Crippen LogP contribution < -0.4 is 0 Å². The van der Waals surface area contributed by atoms with Crippen molar-refractivity contribution in [3.05, 3.63) is 40.2 Å². The lowest BCUT2D eigenvalue weighted by atomic mass is 10.00. The predicted molar refractivity (Wildman–Crippen MR) is 81.1 cm³/mol. The lowest BCUT2D eigenvalue weighted by molar-refractivity contribution is -0.130. The highest BCUT2D eigenvalue weighted by atomic mass is 32.1. The van der Waals surface area contributed by atoms with Crippen LogP contribution in [-0.2, 0) is 4.79 Å². The molecule has 5 nitrogen and oxygen atoms in total. The maximum absolute atomic E-state index is 12.0. The Morgan fingerprint density at radius 1 is 1.52 bits per heavy atom. The minimum Gasteiger partial charge on any atom is -0.339 e. The molecule has 21 heavy (non-hydrogen) atoms. The van der Waals surface area contributed by atoms with Gasteiger partial charge >= 0.3 is 0 Å². The van der Waals surface area contributed by atoms with Gasteiger partial charge in [-0.1, -0.05) is 25.1 Å². The zero-order valence-corrected chi connectivity index (χ0v) is 12.8. The van der Waals surface area contributed by atoms with Crippen molar-refractivity contribution in [1.82, 2.24) is 15.0 Å². The molecule has 0 atom stereocenters. The number of hydrogen-bond acceptors (Lipinski definition) is 5. The van der Waals surface area contributed by atoms with Crippen LogP contribution in [0.5, 0.6) is 0 Å². The fraction of sp³-hybridized carbons (Fsp3) is 0.400. The molecule has 0 N–H and O–H groups in total. The van der Waals surface area contributed by atoms with E-state index in [-0.39, 0.29) is 17.7 Å². The van der Waals surface area contributed by atoms with Gasteiger partial charge in [-0.15, -0.1) is 11.3 Å². The van der Waals surface area contributed by atoms with Crippen LogP contribution in [0.15, 0.2) is 28.1 Å². The molecule has 0 aromatic carbocycles. The third-order valence-corrected chi connectivity index (χ3v) is 4.29. The molecule has 0 radical (unpaired) electrons. The highest BCUT2D eigenvalue weighted by Gasteiger charge is 2.34. The minimum absolute atomic E-state index is 0.0308. The van der Waals surface area contributed by atoms with Gasteiger partial charge in [0.15, 0.2) is 5.82 Å². The molecule has 1 amide bonds. The van der Waals surface area contributed by atoms with E-state index in [1.807, 2.05) is 37.4 Å². The molecule has 1 fully saturated rings. The second-order valence-electron chi connectivity index (χ2n) is 5.43. The van der Waals surface area contributed by atoms with Crippen LogP contribution in [0.1, 0.15) is 42.3 Å². The molecule has 1 saturated heterocycles. The SMILES string of the molecule is CC(C)c1noc(C2CN(C(=O)/C=C/c3cccs3)C2)n1. The van der Waals surface area contributed by atoms with Gasteiger partial charge in [-0.25, -0.2) is 0 Å². The third-order valence-electron chi connectivity index (χ3n) is 3.45. The monoisotopic (exact) mass is 303 g/mol. The molecule has 3 heterocycles. The number of nitrogens with zero attached hydrogens (tertiary/aromatic N) is 3. The molecule has 0 spiro atoms. The number of aromatic nitrogens is 2. The Bertz CT molecular complexity index is 640. The van der Waals surface area contributed by atoms with Gasteiger partial charge in [0.2, 0.25) is 11.8 Å². The molecule has 0 bridgehead atoms. The van der Waals surface area contributed by atoms with Crippen molar-refractivity contribution >= 4 is 23.3 Å². The third kappa shape index (κ3) is 3.05. The molecule has 0 aliphatic carbocycles. The summed E-state index contributed by atoms with van der Waals surface area (Å²) in [6, 6.07) is 3.95. The van der Waals surface area contributed by atoms with Gasteiger partial charge in [0.05, 0.1) is 5.92 Å². The average molecular weight is 303 g/mol. The van der Waals surface area contributed by atoms with Crippen molar-refractivity contribution in [2.24, 2.45) is 0 Å². The van der Waals surface area contributed by atoms with E-state index in [2.05, 4.69) is 10.1 Å². The van der Waals surface area contributed by atoms with E-state index in [0.717, 1.165) is 10.7 Å². The molecule has 0 saturated carbocycles. The topological polar surface area (TPSA) is 59.2 Å². The van der Waals surface area contributed by atoms with Crippen molar-refractivity contribution in [3.63, 3.8) is 0 Å². The number of thiophene rings is 1. The second-order valence-corrected chi connectivity index (χ2v) is 6.41. The van der Waals surface area contributed by atoms with Gasteiger partial charge in [0.1, 0.15) is 0 Å². The zero-order chi connectivity index (χ0) is 14.8. The van der Waals surface area contributed by atoms with E-state index >= 15 is 0 Å². The minimum atomic E-state index is 0.0308. The highest BCUT2D eigenvalue weighted by molar-refractivity contribution is 7.10. The van der Waals surface area contributed by atoms with E-state index in [9.17, 15) is 4.79 Å². The maximum Gasteiger partial charge on any atom is 0.246 e. The van der Waals surface area contributed by atoms with Crippen molar-refractivity contribution < 1.29 is 9.32 Å². The highest BCUT2D eigenvalue weighted by Crippen LogP contribution is 2.27. The van der Waals surface area contributed by atoms with Crippen LogP contribution in [0.25, 0.3) is 6.08 Å². The second kappa shape index (κ2) is 5.81. The molecule has 1 aliphatic rings. The zero-order valence-electron chi connectivity index (χ0n) is 12.0. The number of amides is 1. The molecule has 1 aliphatic heterocycles. The number of hydrogen-bond donors (Lipinski definition) is 0. The average Bonchev–Trinajstić information content (AvgIpc) is 3.06. The number of carbonyl (C=O) groups excluding carboxylic acids is 1. The molecule has 2 aromatic rings. The summed E-state index contributed by atoms with van der Waals surface area (Å²) in [4.78, 5) is 19.2. The molecule has 0 unspecified atom stereocenters. The molecule has 2 aromatic heterocycles. The Hall–Kier alpha value is -1.95. The Balaban J connectivity index is 1.54. The van der Waals surface area contributed by atoms with Gasteiger partial charge in [0.25, 0.3) is 0 Å². The van der Waals surface area contributed by atoms with Crippen LogP contribution in [0.3, 0.4) is 0 Å².